The van der Waals surface area contributed by atoms with E-state index in [0.29, 0.717) is 30.8 Å². The highest BCUT2D eigenvalue weighted by Crippen LogP contribution is 2.26. The third-order valence-electron chi connectivity index (χ3n) is 6.19. The van der Waals surface area contributed by atoms with E-state index in [2.05, 4.69) is 38.2 Å². The Kier molecular flexibility index (Phi) is 6.68. The van der Waals surface area contributed by atoms with Crippen LogP contribution in [-0.2, 0) is 14.8 Å². The minimum absolute atomic E-state index is 0.00696. The molecule has 0 saturated carbocycles. The molecule has 0 bridgehead atoms. The molecular weight excluding hydrogens is 396 g/mol. The van der Waals surface area contributed by atoms with E-state index in [1.807, 2.05) is 26.0 Å². The highest BCUT2D eigenvalue weighted by Gasteiger charge is 2.32. The van der Waals surface area contributed by atoms with Gasteiger partial charge in [-0.2, -0.15) is 4.31 Å². The van der Waals surface area contributed by atoms with Gasteiger partial charge >= 0.3 is 0 Å². The summed E-state index contributed by atoms with van der Waals surface area (Å²) in [6.07, 6.45) is 1.07. The Hall–Kier alpha value is -2.18. The van der Waals surface area contributed by atoms with Crippen molar-refractivity contribution in [1.29, 1.82) is 0 Å². The lowest BCUT2D eigenvalue weighted by molar-refractivity contribution is -0.126. The second-order valence-corrected chi connectivity index (χ2v) is 10.5. The van der Waals surface area contributed by atoms with Gasteiger partial charge in [0, 0.05) is 19.0 Å². The molecule has 1 heterocycles. The molecule has 1 aliphatic heterocycles. The summed E-state index contributed by atoms with van der Waals surface area (Å²) in [6.45, 7) is 10.9. The van der Waals surface area contributed by atoms with Crippen LogP contribution >= 0.6 is 0 Å². The molecule has 2 aromatic rings. The van der Waals surface area contributed by atoms with Gasteiger partial charge in [-0.25, -0.2) is 8.42 Å². The minimum Gasteiger partial charge on any atom is -0.349 e. The van der Waals surface area contributed by atoms with Crippen molar-refractivity contribution in [2.75, 3.05) is 13.1 Å². The van der Waals surface area contributed by atoms with Crippen LogP contribution in [0.3, 0.4) is 0 Å². The molecule has 2 aromatic carbocycles. The zero-order valence-electron chi connectivity index (χ0n) is 18.5. The van der Waals surface area contributed by atoms with Gasteiger partial charge in [0.15, 0.2) is 0 Å². The Morgan fingerprint density at radius 2 is 1.53 bits per heavy atom. The van der Waals surface area contributed by atoms with E-state index in [9.17, 15) is 13.2 Å². The zero-order chi connectivity index (χ0) is 22.1. The quantitative estimate of drug-likeness (QED) is 0.776. The molecule has 6 heteroatoms. The van der Waals surface area contributed by atoms with Crippen molar-refractivity contribution in [2.45, 2.75) is 58.4 Å². The van der Waals surface area contributed by atoms with Crippen molar-refractivity contribution >= 4 is 15.9 Å². The average Bonchev–Trinajstić information content (AvgIpc) is 2.71. The predicted octanol–water partition coefficient (Wildman–Crippen LogP) is 4.20. The normalized spacial score (nSPS) is 17.0. The molecule has 1 aliphatic rings. The zero-order valence-corrected chi connectivity index (χ0v) is 19.3. The summed E-state index contributed by atoms with van der Waals surface area (Å²) in [5.41, 5.74) is 5.79. The minimum atomic E-state index is -3.51. The standard InChI is InChI=1S/C24H32N2O3S/c1-16-6-8-22(9-7-16)30(28,29)26-12-10-21(11-13-26)24(27)25-20(5)23-15-18(3)17(2)14-19(23)4/h6-9,14-15,20-21H,10-13H2,1-5H3,(H,25,27)/t20-/m0/s1. The van der Waals surface area contributed by atoms with Crippen LogP contribution in [0.5, 0.6) is 0 Å². The smallest absolute Gasteiger partial charge is 0.243 e. The summed E-state index contributed by atoms with van der Waals surface area (Å²) < 4.78 is 27.2. The molecule has 0 radical (unpaired) electrons. The van der Waals surface area contributed by atoms with E-state index < -0.39 is 10.0 Å². The molecule has 0 aromatic heterocycles. The van der Waals surface area contributed by atoms with Crippen LogP contribution < -0.4 is 5.32 Å². The number of benzene rings is 2. The molecule has 5 nitrogen and oxygen atoms in total. The number of hydrogen-bond donors (Lipinski definition) is 1. The maximum absolute atomic E-state index is 12.9. The first-order chi connectivity index (χ1) is 14.1. The van der Waals surface area contributed by atoms with Crippen LogP contribution in [0.1, 0.15) is 53.6 Å². The SMILES string of the molecule is Cc1ccc(S(=O)(=O)N2CCC(C(=O)N[C@@H](C)c3cc(C)c(C)cc3C)CC2)cc1. The van der Waals surface area contributed by atoms with E-state index in [1.54, 1.807) is 12.1 Å². The van der Waals surface area contributed by atoms with Crippen LogP contribution in [0.15, 0.2) is 41.3 Å². The Labute approximate surface area is 180 Å². The summed E-state index contributed by atoms with van der Waals surface area (Å²) >= 11 is 0. The first-order valence-corrected chi connectivity index (χ1v) is 12.0. The Morgan fingerprint density at radius 1 is 0.967 bits per heavy atom. The average molecular weight is 429 g/mol. The van der Waals surface area contributed by atoms with Crippen LogP contribution in [0.2, 0.25) is 0 Å². The highest BCUT2D eigenvalue weighted by molar-refractivity contribution is 7.89. The second kappa shape index (κ2) is 8.90. The maximum Gasteiger partial charge on any atom is 0.243 e. The molecule has 1 fully saturated rings. The molecule has 0 spiro atoms. The first-order valence-electron chi connectivity index (χ1n) is 10.5. The fourth-order valence-electron chi connectivity index (χ4n) is 4.08. The van der Waals surface area contributed by atoms with Gasteiger partial charge in [0.05, 0.1) is 10.9 Å². The van der Waals surface area contributed by atoms with Gasteiger partial charge < -0.3 is 5.32 Å². The molecule has 1 atom stereocenters. The number of nitrogens with zero attached hydrogens (tertiary/aromatic N) is 1. The van der Waals surface area contributed by atoms with Gasteiger partial charge in [-0.05, 0) is 81.8 Å². The van der Waals surface area contributed by atoms with E-state index in [1.165, 1.54) is 21.0 Å². The van der Waals surface area contributed by atoms with Crippen molar-refractivity contribution in [3.63, 3.8) is 0 Å². The largest absolute Gasteiger partial charge is 0.349 e. The van der Waals surface area contributed by atoms with Crippen LogP contribution in [0, 0.1) is 33.6 Å². The van der Waals surface area contributed by atoms with Crippen molar-refractivity contribution in [1.82, 2.24) is 9.62 Å². The highest BCUT2D eigenvalue weighted by atomic mass is 32.2. The molecule has 30 heavy (non-hydrogen) atoms. The number of nitrogens with one attached hydrogen (secondary N) is 1. The number of carbonyl (C=O) groups is 1. The molecule has 1 amide bonds. The maximum atomic E-state index is 12.9. The lowest BCUT2D eigenvalue weighted by Gasteiger charge is -2.31. The second-order valence-electron chi connectivity index (χ2n) is 8.51. The molecule has 1 N–H and O–H groups in total. The fraction of sp³-hybridized carbons (Fsp3) is 0.458. The third kappa shape index (κ3) is 4.76. The summed E-state index contributed by atoms with van der Waals surface area (Å²) in [4.78, 5) is 13.1. The van der Waals surface area contributed by atoms with Crippen molar-refractivity contribution < 1.29 is 13.2 Å². The number of hydrogen-bond acceptors (Lipinski definition) is 3. The number of aryl methyl sites for hydroxylation is 4. The predicted molar refractivity (Wildman–Crippen MR) is 120 cm³/mol. The molecule has 162 valence electrons. The van der Waals surface area contributed by atoms with E-state index in [4.69, 9.17) is 0 Å². The Morgan fingerprint density at radius 3 is 2.13 bits per heavy atom. The summed E-state index contributed by atoms with van der Waals surface area (Å²) in [5, 5.41) is 3.14. The lowest BCUT2D eigenvalue weighted by atomic mass is 9.94. The molecule has 0 aliphatic carbocycles. The van der Waals surface area contributed by atoms with Gasteiger partial charge in [-0.3, -0.25) is 4.79 Å². The number of amides is 1. The van der Waals surface area contributed by atoms with Crippen molar-refractivity contribution in [2.24, 2.45) is 5.92 Å². The summed E-state index contributed by atoms with van der Waals surface area (Å²) in [5.74, 6) is -0.156. The van der Waals surface area contributed by atoms with Gasteiger partial charge in [0.1, 0.15) is 0 Å². The molecule has 1 saturated heterocycles. The van der Waals surface area contributed by atoms with Gasteiger partial charge in [0.2, 0.25) is 15.9 Å². The van der Waals surface area contributed by atoms with Gasteiger partial charge in [-0.1, -0.05) is 29.8 Å². The summed E-state index contributed by atoms with van der Waals surface area (Å²) in [6, 6.07) is 11.1. The van der Waals surface area contributed by atoms with E-state index in [-0.39, 0.29) is 17.9 Å². The van der Waals surface area contributed by atoms with Crippen molar-refractivity contribution in [3.05, 3.63) is 64.2 Å². The van der Waals surface area contributed by atoms with Gasteiger partial charge in [-0.15, -0.1) is 0 Å². The topological polar surface area (TPSA) is 66.5 Å². The molecular formula is C24H32N2O3S. The lowest BCUT2D eigenvalue weighted by Crippen LogP contribution is -2.43. The van der Waals surface area contributed by atoms with E-state index in [0.717, 1.165) is 11.1 Å². The molecule has 3 rings (SSSR count). The fourth-order valence-corrected chi connectivity index (χ4v) is 5.55. The number of carbonyl (C=O) groups excluding carboxylic acids is 1. The molecule has 0 unspecified atom stereocenters. The number of rotatable bonds is 5. The first kappa shape index (κ1) is 22.5. The summed E-state index contributed by atoms with van der Waals surface area (Å²) in [7, 11) is -3.51. The van der Waals surface area contributed by atoms with Crippen LogP contribution in [0.4, 0.5) is 0 Å². The number of sulfonamides is 1. The Balaban J connectivity index is 1.61. The Bertz CT molecular complexity index is 1020. The van der Waals surface area contributed by atoms with Crippen LogP contribution in [0.25, 0.3) is 0 Å². The monoisotopic (exact) mass is 428 g/mol. The van der Waals surface area contributed by atoms with E-state index >= 15 is 0 Å². The van der Waals surface area contributed by atoms with Crippen LogP contribution in [-0.4, -0.2) is 31.7 Å². The third-order valence-corrected chi connectivity index (χ3v) is 8.10. The van der Waals surface area contributed by atoms with Crippen molar-refractivity contribution in [3.8, 4) is 0 Å². The number of piperidine rings is 1. The van der Waals surface area contributed by atoms with Gasteiger partial charge in [0.25, 0.3) is 0 Å².